The summed E-state index contributed by atoms with van der Waals surface area (Å²) in [4.78, 5) is 1.80. The SMILES string of the molecule is FC(F)CN(CCCl)CC1CCCc2ccccc21. The predicted octanol–water partition coefficient (Wildman–Crippen LogP) is 3.91. The number of hydrogen-bond acceptors (Lipinski definition) is 1. The molecule has 0 saturated carbocycles. The maximum atomic E-state index is 12.6. The van der Waals surface area contributed by atoms with E-state index in [0.717, 1.165) is 19.3 Å². The van der Waals surface area contributed by atoms with Gasteiger partial charge in [0.1, 0.15) is 0 Å². The first-order chi connectivity index (χ1) is 9.20. The van der Waals surface area contributed by atoms with Gasteiger partial charge in [0.25, 0.3) is 6.43 Å². The highest BCUT2D eigenvalue weighted by atomic mass is 35.5. The van der Waals surface area contributed by atoms with E-state index in [0.29, 0.717) is 24.9 Å². The van der Waals surface area contributed by atoms with Crippen molar-refractivity contribution >= 4 is 11.6 Å². The Morgan fingerprint density at radius 3 is 2.84 bits per heavy atom. The standard InChI is InChI=1S/C15H20ClF2N/c16-8-9-19(11-15(17)18)10-13-6-3-5-12-4-1-2-7-14(12)13/h1-2,4,7,13,15H,3,5-6,8-11H2. The minimum absolute atomic E-state index is 0.175. The fraction of sp³-hybridized carbons (Fsp3) is 0.600. The highest BCUT2D eigenvalue weighted by Gasteiger charge is 2.23. The van der Waals surface area contributed by atoms with Gasteiger partial charge in [0.15, 0.2) is 0 Å². The van der Waals surface area contributed by atoms with Gasteiger partial charge in [-0.2, -0.15) is 0 Å². The van der Waals surface area contributed by atoms with Crippen LogP contribution in [0.3, 0.4) is 0 Å². The zero-order valence-corrected chi connectivity index (χ0v) is 11.8. The molecule has 2 rings (SSSR count). The predicted molar refractivity (Wildman–Crippen MR) is 75.3 cm³/mol. The van der Waals surface area contributed by atoms with Crippen LogP contribution in [0, 0.1) is 0 Å². The summed E-state index contributed by atoms with van der Waals surface area (Å²) in [5.74, 6) is 0.771. The lowest BCUT2D eigenvalue weighted by molar-refractivity contribution is 0.0870. The van der Waals surface area contributed by atoms with Crippen molar-refractivity contribution in [3.63, 3.8) is 0 Å². The number of aryl methyl sites for hydroxylation is 1. The molecular weight excluding hydrogens is 268 g/mol. The molecule has 0 aliphatic heterocycles. The van der Waals surface area contributed by atoms with Crippen LogP contribution in [0.2, 0.25) is 0 Å². The molecule has 1 aromatic carbocycles. The van der Waals surface area contributed by atoms with Crippen LogP contribution in [0.5, 0.6) is 0 Å². The number of benzene rings is 1. The Morgan fingerprint density at radius 2 is 2.11 bits per heavy atom. The molecule has 1 aliphatic carbocycles. The van der Waals surface area contributed by atoms with Crippen molar-refractivity contribution in [2.75, 3.05) is 25.5 Å². The molecule has 4 heteroatoms. The molecule has 1 aliphatic rings. The molecule has 1 atom stereocenters. The lowest BCUT2D eigenvalue weighted by Gasteiger charge is -2.31. The molecule has 1 unspecified atom stereocenters. The first kappa shape index (κ1) is 14.7. The highest BCUT2D eigenvalue weighted by molar-refractivity contribution is 6.18. The van der Waals surface area contributed by atoms with E-state index in [4.69, 9.17) is 11.6 Å². The van der Waals surface area contributed by atoms with E-state index in [2.05, 4.69) is 18.2 Å². The number of hydrogen-bond donors (Lipinski definition) is 0. The number of halogens is 3. The largest absolute Gasteiger partial charge is 0.296 e. The summed E-state index contributed by atoms with van der Waals surface area (Å²) in [5, 5.41) is 0. The van der Waals surface area contributed by atoms with Crippen molar-refractivity contribution in [2.45, 2.75) is 31.6 Å². The van der Waals surface area contributed by atoms with E-state index in [9.17, 15) is 8.78 Å². The second-order valence-electron chi connectivity index (χ2n) is 5.13. The molecule has 1 aromatic rings. The number of alkyl halides is 3. The maximum absolute atomic E-state index is 12.6. The fourth-order valence-corrected chi connectivity index (χ4v) is 3.17. The normalized spacial score (nSPS) is 18.9. The molecule has 0 aromatic heterocycles. The fourth-order valence-electron chi connectivity index (χ4n) is 2.93. The Kier molecular flexibility index (Phi) is 5.59. The minimum Gasteiger partial charge on any atom is -0.296 e. The first-order valence-corrected chi connectivity index (χ1v) is 7.38. The molecule has 0 fully saturated rings. The van der Waals surface area contributed by atoms with Gasteiger partial charge in [-0.1, -0.05) is 24.3 Å². The first-order valence-electron chi connectivity index (χ1n) is 6.85. The molecule has 19 heavy (non-hydrogen) atoms. The van der Waals surface area contributed by atoms with Crippen LogP contribution in [-0.2, 0) is 6.42 Å². The van der Waals surface area contributed by atoms with Gasteiger partial charge in [-0.3, -0.25) is 4.90 Å². The van der Waals surface area contributed by atoms with Gasteiger partial charge in [-0.05, 0) is 36.3 Å². The Hall–Kier alpha value is -0.670. The molecular formula is C15H20ClF2N. The molecule has 0 amide bonds. The second kappa shape index (κ2) is 7.20. The van der Waals surface area contributed by atoms with Gasteiger partial charge in [0, 0.05) is 19.0 Å². The van der Waals surface area contributed by atoms with E-state index < -0.39 is 6.43 Å². The van der Waals surface area contributed by atoms with Crippen molar-refractivity contribution in [1.82, 2.24) is 4.90 Å². The second-order valence-corrected chi connectivity index (χ2v) is 5.51. The summed E-state index contributed by atoms with van der Waals surface area (Å²) in [7, 11) is 0. The average Bonchev–Trinajstić information content (AvgIpc) is 2.39. The van der Waals surface area contributed by atoms with E-state index in [1.165, 1.54) is 11.1 Å². The zero-order valence-electron chi connectivity index (χ0n) is 11.0. The summed E-state index contributed by atoms with van der Waals surface area (Å²) in [6, 6.07) is 8.38. The molecule has 0 heterocycles. The zero-order chi connectivity index (χ0) is 13.7. The van der Waals surface area contributed by atoms with Crippen LogP contribution in [0.15, 0.2) is 24.3 Å². The maximum Gasteiger partial charge on any atom is 0.251 e. The van der Waals surface area contributed by atoms with Gasteiger partial charge < -0.3 is 0 Å². The van der Waals surface area contributed by atoms with Crippen LogP contribution in [0.1, 0.15) is 29.9 Å². The van der Waals surface area contributed by atoms with Crippen LogP contribution in [0.4, 0.5) is 8.78 Å². The van der Waals surface area contributed by atoms with Crippen LogP contribution in [0.25, 0.3) is 0 Å². The third-order valence-electron chi connectivity index (χ3n) is 3.77. The third-order valence-corrected chi connectivity index (χ3v) is 3.94. The van der Waals surface area contributed by atoms with Gasteiger partial charge in [-0.15, -0.1) is 11.6 Å². The van der Waals surface area contributed by atoms with Gasteiger partial charge in [0.05, 0.1) is 6.54 Å². The van der Waals surface area contributed by atoms with Crippen LogP contribution >= 0.6 is 11.6 Å². The van der Waals surface area contributed by atoms with E-state index >= 15 is 0 Å². The highest BCUT2D eigenvalue weighted by Crippen LogP contribution is 2.32. The van der Waals surface area contributed by atoms with Crippen molar-refractivity contribution in [3.05, 3.63) is 35.4 Å². The lowest BCUT2D eigenvalue weighted by Crippen LogP contribution is -2.35. The van der Waals surface area contributed by atoms with Crippen molar-refractivity contribution in [3.8, 4) is 0 Å². The van der Waals surface area contributed by atoms with Crippen LogP contribution in [-0.4, -0.2) is 36.8 Å². The summed E-state index contributed by atoms with van der Waals surface area (Å²) >= 11 is 5.71. The molecule has 106 valence electrons. The summed E-state index contributed by atoms with van der Waals surface area (Å²) in [6.45, 7) is 1.05. The third kappa shape index (κ3) is 4.15. The molecule has 0 spiro atoms. The molecule has 0 radical (unpaired) electrons. The monoisotopic (exact) mass is 287 g/mol. The molecule has 1 nitrogen and oxygen atoms in total. The number of rotatable bonds is 6. The Labute approximate surface area is 118 Å². The van der Waals surface area contributed by atoms with Crippen LogP contribution < -0.4 is 0 Å². The number of nitrogens with zero attached hydrogens (tertiary/aromatic N) is 1. The molecule has 0 saturated heterocycles. The number of fused-ring (bicyclic) bond motifs is 1. The smallest absolute Gasteiger partial charge is 0.251 e. The van der Waals surface area contributed by atoms with Gasteiger partial charge in [0.2, 0.25) is 0 Å². The molecule has 0 bridgehead atoms. The van der Waals surface area contributed by atoms with Crippen molar-refractivity contribution < 1.29 is 8.78 Å². The van der Waals surface area contributed by atoms with E-state index in [-0.39, 0.29) is 6.54 Å². The molecule has 0 N–H and O–H groups in total. The quantitative estimate of drug-likeness (QED) is 0.717. The minimum atomic E-state index is -2.29. The summed E-state index contributed by atoms with van der Waals surface area (Å²) < 4.78 is 25.1. The summed E-state index contributed by atoms with van der Waals surface area (Å²) in [5.41, 5.74) is 2.71. The van der Waals surface area contributed by atoms with Gasteiger partial charge >= 0.3 is 0 Å². The van der Waals surface area contributed by atoms with E-state index in [1.54, 1.807) is 4.90 Å². The topological polar surface area (TPSA) is 3.24 Å². The Morgan fingerprint density at radius 1 is 1.32 bits per heavy atom. The summed E-state index contributed by atoms with van der Waals surface area (Å²) in [6.07, 6.45) is 1.04. The van der Waals surface area contributed by atoms with E-state index in [1.807, 2.05) is 6.07 Å². The lowest BCUT2D eigenvalue weighted by atomic mass is 9.82. The Bertz CT molecular complexity index is 397. The van der Waals surface area contributed by atoms with Gasteiger partial charge in [-0.25, -0.2) is 8.78 Å². The van der Waals surface area contributed by atoms with Crippen molar-refractivity contribution in [2.24, 2.45) is 0 Å². The Balaban J connectivity index is 2.05. The average molecular weight is 288 g/mol. The van der Waals surface area contributed by atoms with Crippen molar-refractivity contribution in [1.29, 1.82) is 0 Å².